The fourth-order valence-corrected chi connectivity index (χ4v) is 3.38. The Bertz CT molecular complexity index is 503. The largest absolute Gasteiger partial charge is 0.303 e. The summed E-state index contributed by atoms with van der Waals surface area (Å²) in [5, 5.41) is 7.01. The van der Waals surface area contributed by atoms with Gasteiger partial charge < -0.3 is 5.32 Å². The smallest absolute Gasteiger partial charge is 0.107 e. The van der Waals surface area contributed by atoms with Crippen LogP contribution in [0.4, 0.5) is 0 Å². The van der Waals surface area contributed by atoms with Gasteiger partial charge >= 0.3 is 0 Å². The van der Waals surface area contributed by atoms with Crippen LogP contribution < -0.4 is 5.32 Å². The van der Waals surface area contributed by atoms with E-state index >= 15 is 0 Å². The molecule has 1 atom stereocenters. The lowest BCUT2D eigenvalue weighted by atomic mass is 9.89. The molecule has 0 radical (unpaired) electrons. The zero-order valence-electron chi connectivity index (χ0n) is 12.6. The van der Waals surface area contributed by atoms with E-state index in [0.717, 1.165) is 12.2 Å². The van der Waals surface area contributed by atoms with E-state index in [1.165, 1.54) is 23.4 Å². The lowest BCUT2D eigenvalue weighted by molar-refractivity contribution is 0.339. The average molecular weight is 288 g/mol. The summed E-state index contributed by atoms with van der Waals surface area (Å²) < 4.78 is 0. The predicted octanol–water partition coefficient (Wildman–Crippen LogP) is 4.72. The van der Waals surface area contributed by atoms with Crippen molar-refractivity contribution in [2.45, 2.75) is 46.2 Å². The third-order valence-corrected chi connectivity index (χ3v) is 4.79. The van der Waals surface area contributed by atoms with Crippen molar-refractivity contribution in [1.82, 2.24) is 10.3 Å². The molecule has 2 nitrogen and oxygen atoms in total. The summed E-state index contributed by atoms with van der Waals surface area (Å²) in [6.45, 7) is 7.46. The molecular weight excluding hydrogens is 264 g/mol. The number of aromatic nitrogens is 1. The summed E-state index contributed by atoms with van der Waals surface area (Å²) in [4.78, 5) is 4.54. The van der Waals surface area contributed by atoms with Gasteiger partial charge in [0, 0.05) is 23.7 Å². The first-order valence-electron chi connectivity index (χ1n) is 7.43. The third-order valence-electron chi connectivity index (χ3n) is 3.82. The summed E-state index contributed by atoms with van der Waals surface area (Å²) in [5.41, 5.74) is 2.50. The van der Waals surface area contributed by atoms with Crippen LogP contribution >= 0.6 is 11.3 Å². The Hall–Kier alpha value is -1.19. The van der Waals surface area contributed by atoms with Crippen molar-refractivity contribution in [2.75, 3.05) is 0 Å². The summed E-state index contributed by atoms with van der Waals surface area (Å²) in [6.07, 6.45) is 2.39. The van der Waals surface area contributed by atoms with Gasteiger partial charge in [0.2, 0.25) is 0 Å². The topological polar surface area (TPSA) is 24.9 Å². The van der Waals surface area contributed by atoms with Crippen LogP contribution in [0.1, 0.15) is 49.0 Å². The zero-order chi connectivity index (χ0) is 14.4. The highest BCUT2D eigenvalue weighted by Gasteiger charge is 2.20. The highest BCUT2D eigenvalue weighted by Crippen LogP contribution is 2.27. The Labute approximate surface area is 126 Å². The number of benzene rings is 1. The standard InChI is InChI=1S/C17H24N2S/c1-4-14(5-2)17(15-9-7-6-8-10-15)18-11-16-19-13(3)12-20-16/h6-10,12,14,17-18H,4-5,11H2,1-3H3. The number of thiazole rings is 1. The maximum Gasteiger partial charge on any atom is 0.107 e. The first-order chi connectivity index (χ1) is 9.74. The normalized spacial score (nSPS) is 12.8. The van der Waals surface area contributed by atoms with Crippen LogP contribution in [-0.4, -0.2) is 4.98 Å². The molecule has 0 aliphatic heterocycles. The zero-order valence-corrected chi connectivity index (χ0v) is 13.4. The monoisotopic (exact) mass is 288 g/mol. The molecular formula is C17H24N2S. The number of hydrogen-bond acceptors (Lipinski definition) is 3. The van der Waals surface area contributed by atoms with Gasteiger partial charge in [-0.1, -0.05) is 57.0 Å². The fourth-order valence-electron chi connectivity index (χ4n) is 2.66. The van der Waals surface area contributed by atoms with Gasteiger partial charge in [-0.15, -0.1) is 11.3 Å². The van der Waals surface area contributed by atoms with Crippen molar-refractivity contribution < 1.29 is 0 Å². The minimum atomic E-state index is 0.412. The molecule has 2 rings (SSSR count). The minimum absolute atomic E-state index is 0.412. The van der Waals surface area contributed by atoms with E-state index in [2.05, 4.69) is 66.8 Å². The molecule has 0 aliphatic carbocycles. The quantitative estimate of drug-likeness (QED) is 0.797. The van der Waals surface area contributed by atoms with Crippen molar-refractivity contribution in [1.29, 1.82) is 0 Å². The van der Waals surface area contributed by atoms with Crippen LogP contribution in [0.5, 0.6) is 0 Å². The van der Waals surface area contributed by atoms with Crippen molar-refractivity contribution >= 4 is 11.3 Å². The fraction of sp³-hybridized carbons (Fsp3) is 0.471. The molecule has 1 N–H and O–H groups in total. The summed E-state index contributed by atoms with van der Waals surface area (Å²) >= 11 is 1.74. The Morgan fingerprint density at radius 3 is 2.40 bits per heavy atom. The van der Waals surface area contributed by atoms with E-state index in [0.29, 0.717) is 12.0 Å². The molecule has 3 heteroatoms. The Balaban J connectivity index is 2.10. The second kappa shape index (κ2) is 7.55. The van der Waals surface area contributed by atoms with Crippen molar-refractivity contribution in [3.63, 3.8) is 0 Å². The SMILES string of the molecule is CCC(CC)C(NCc1nc(C)cs1)c1ccccc1. The van der Waals surface area contributed by atoms with Gasteiger partial charge in [0.1, 0.15) is 5.01 Å². The number of rotatable bonds is 7. The molecule has 1 unspecified atom stereocenters. The van der Waals surface area contributed by atoms with Crippen molar-refractivity contribution in [3.8, 4) is 0 Å². The van der Waals surface area contributed by atoms with E-state index in [4.69, 9.17) is 0 Å². The number of hydrogen-bond donors (Lipinski definition) is 1. The van der Waals surface area contributed by atoms with Crippen LogP contribution in [0.25, 0.3) is 0 Å². The Morgan fingerprint density at radius 2 is 1.85 bits per heavy atom. The van der Waals surface area contributed by atoms with Crippen molar-refractivity contribution in [2.24, 2.45) is 5.92 Å². The molecule has 1 heterocycles. The molecule has 0 aliphatic rings. The number of aryl methyl sites for hydroxylation is 1. The molecule has 1 aromatic heterocycles. The van der Waals surface area contributed by atoms with Gasteiger partial charge in [0.05, 0.1) is 0 Å². The molecule has 0 fully saturated rings. The summed E-state index contributed by atoms with van der Waals surface area (Å²) in [6, 6.07) is 11.2. The second-order valence-corrected chi connectivity index (χ2v) is 6.17. The molecule has 0 saturated carbocycles. The van der Waals surface area contributed by atoms with Crippen LogP contribution in [0.2, 0.25) is 0 Å². The lowest BCUT2D eigenvalue weighted by Gasteiger charge is -2.26. The number of nitrogens with zero attached hydrogens (tertiary/aromatic N) is 1. The molecule has 108 valence electrons. The van der Waals surface area contributed by atoms with Crippen LogP contribution in [0.15, 0.2) is 35.7 Å². The molecule has 2 aromatic rings. The molecule has 0 spiro atoms. The van der Waals surface area contributed by atoms with Gasteiger partial charge in [0.25, 0.3) is 0 Å². The summed E-state index contributed by atoms with van der Waals surface area (Å²) in [5.74, 6) is 0.665. The maximum absolute atomic E-state index is 4.54. The average Bonchev–Trinajstić information content (AvgIpc) is 2.90. The molecule has 20 heavy (non-hydrogen) atoms. The van der Waals surface area contributed by atoms with E-state index < -0.39 is 0 Å². The van der Waals surface area contributed by atoms with Gasteiger partial charge in [-0.2, -0.15) is 0 Å². The highest BCUT2D eigenvalue weighted by molar-refractivity contribution is 7.09. The van der Waals surface area contributed by atoms with Crippen LogP contribution in [0, 0.1) is 12.8 Å². The Kier molecular flexibility index (Phi) is 5.74. The first-order valence-corrected chi connectivity index (χ1v) is 8.31. The third kappa shape index (κ3) is 3.90. The highest BCUT2D eigenvalue weighted by atomic mass is 32.1. The first kappa shape index (κ1) is 15.2. The lowest BCUT2D eigenvalue weighted by Crippen LogP contribution is -2.27. The Morgan fingerprint density at radius 1 is 1.15 bits per heavy atom. The maximum atomic E-state index is 4.54. The van der Waals surface area contributed by atoms with Gasteiger partial charge in [-0.3, -0.25) is 0 Å². The van der Waals surface area contributed by atoms with E-state index in [1.54, 1.807) is 11.3 Å². The minimum Gasteiger partial charge on any atom is -0.303 e. The molecule has 1 aromatic carbocycles. The predicted molar refractivity (Wildman–Crippen MR) is 86.9 cm³/mol. The molecule has 0 amide bonds. The van der Waals surface area contributed by atoms with Gasteiger partial charge in [-0.25, -0.2) is 4.98 Å². The summed E-state index contributed by atoms with van der Waals surface area (Å²) in [7, 11) is 0. The number of nitrogens with one attached hydrogen (secondary N) is 1. The van der Waals surface area contributed by atoms with Gasteiger partial charge in [0.15, 0.2) is 0 Å². The van der Waals surface area contributed by atoms with E-state index in [-0.39, 0.29) is 0 Å². The van der Waals surface area contributed by atoms with E-state index in [9.17, 15) is 0 Å². The van der Waals surface area contributed by atoms with Gasteiger partial charge in [-0.05, 0) is 18.4 Å². The van der Waals surface area contributed by atoms with Crippen molar-refractivity contribution in [3.05, 3.63) is 52.0 Å². The van der Waals surface area contributed by atoms with Crippen LogP contribution in [-0.2, 0) is 6.54 Å². The molecule has 0 bridgehead atoms. The molecule has 0 saturated heterocycles. The van der Waals surface area contributed by atoms with E-state index in [1.807, 2.05) is 0 Å². The second-order valence-electron chi connectivity index (χ2n) is 5.23. The van der Waals surface area contributed by atoms with Crippen LogP contribution in [0.3, 0.4) is 0 Å².